The molecule has 1 aromatic rings. The van der Waals surface area contributed by atoms with E-state index in [1.54, 1.807) is 32.1 Å². The van der Waals surface area contributed by atoms with E-state index in [0.717, 1.165) is 5.56 Å². The van der Waals surface area contributed by atoms with Crippen molar-refractivity contribution in [2.24, 2.45) is 7.05 Å². The Bertz CT molecular complexity index is 506. The Morgan fingerprint density at radius 2 is 1.96 bits per heavy atom. The molecule has 1 atom stereocenters. The number of aromatic nitrogens is 2. The highest BCUT2D eigenvalue weighted by molar-refractivity contribution is 5.84. The van der Waals surface area contributed by atoms with Gasteiger partial charge in [0.2, 0.25) is 0 Å². The maximum absolute atomic E-state index is 11.9. The van der Waals surface area contributed by atoms with E-state index in [9.17, 15) is 4.79 Å². The van der Waals surface area contributed by atoms with Crippen molar-refractivity contribution < 1.29 is 19.0 Å². The van der Waals surface area contributed by atoms with Crippen LogP contribution in [0, 0.1) is 0 Å². The van der Waals surface area contributed by atoms with Crippen LogP contribution in [0.2, 0.25) is 0 Å². The predicted molar refractivity (Wildman–Crippen MR) is 87.2 cm³/mol. The quantitative estimate of drug-likeness (QED) is 0.743. The average Bonchev–Trinajstić information content (AvgIpc) is 2.77. The number of rotatable bonds is 7. The third-order valence-corrected chi connectivity index (χ3v) is 3.12. The van der Waals surface area contributed by atoms with Crippen molar-refractivity contribution in [3.8, 4) is 0 Å². The molecule has 1 aromatic heterocycles. The highest BCUT2D eigenvalue weighted by atomic mass is 16.7. The summed E-state index contributed by atoms with van der Waals surface area (Å²) < 4.78 is 17.3. The Hall–Kier alpha value is -1.64. The van der Waals surface area contributed by atoms with Gasteiger partial charge in [-0.3, -0.25) is 10.00 Å². The van der Waals surface area contributed by atoms with Gasteiger partial charge in [-0.05, 0) is 27.7 Å². The maximum atomic E-state index is 11.9. The van der Waals surface area contributed by atoms with Gasteiger partial charge in [0.05, 0.1) is 12.2 Å². The van der Waals surface area contributed by atoms with Crippen molar-refractivity contribution in [3.63, 3.8) is 0 Å². The van der Waals surface area contributed by atoms with Crippen LogP contribution >= 0.6 is 0 Å². The van der Waals surface area contributed by atoms with E-state index in [0.29, 0.717) is 12.4 Å². The normalized spacial score (nSPS) is 13.2. The fourth-order valence-electron chi connectivity index (χ4n) is 2.05. The van der Waals surface area contributed by atoms with Gasteiger partial charge in [0, 0.05) is 33.4 Å². The minimum absolute atomic E-state index is 0.0282. The lowest BCUT2D eigenvalue weighted by molar-refractivity contribution is -0.119. The molecule has 0 bridgehead atoms. The summed E-state index contributed by atoms with van der Waals surface area (Å²) in [7, 11) is 4.94. The Morgan fingerprint density at radius 3 is 2.48 bits per heavy atom. The van der Waals surface area contributed by atoms with E-state index >= 15 is 0 Å². The zero-order valence-corrected chi connectivity index (χ0v) is 15.0. The average molecular weight is 328 g/mol. The summed E-state index contributed by atoms with van der Waals surface area (Å²) in [6, 6.07) is -0.0282. The summed E-state index contributed by atoms with van der Waals surface area (Å²) in [5, 5.41) is 10.2. The molecule has 0 aliphatic carbocycles. The molecule has 1 unspecified atom stereocenters. The molecule has 8 heteroatoms. The largest absolute Gasteiger partial charge is 0.444 e. The predicted octanol–water partition coefficient (Wildman–Crippen LogP) is 1.86. The molecule has 1 rings (SSSR count). The van der Waals surface area contributed by atoms with Crippen LogP contribution in [-0.4, -0.2) is 48.0 Å². The van der Waals surface area contributed by atoms with Gasteiger partial charge in [-0.15, -0.1) is 0 Å². The Balaban J connectivity index is 2.70. The van der Waals surface area contributed by atoms with Crippen LogP contribution in [-0.2, 0) is 27.8 Å². The van der Waals surface area contributed by atoms with Gasteiger partial charge in [-0.1, -0.05) is 0 Å². The Labute approximate surface area is 137 Å². The number of hydrogen-bond donors (Lipinski definition) is 2. The highest BCUT2D eigenvalue weighted by Gasteiger charge is 2.20. The lowest BCUT2D eigenvalue weighted by atomic mass is 10.2. The summed E-state index contributed by atoms with van der Waals surface area (Å²) >= 11 is 0. The first-order valence-electron chi connectivity index (χ1n) is 7.47. The summed E-state index contributed by atoms with van der Waals surface area (Å²) in [5.41, 5.74) is 0.288. The van der Waals surface area contributed by atoms with Gasteiger partial charge in [-0.25, -0.2) is 4.79 Å². The molecule has 0 spiro atoms. The standard InChI is InChI=1S/C15H28N4O4/c1-10(13(21-6)22-7)16-8-11-9-17-19(5)12(11)18-14(20)23-15(2,3)4/h9-10,13,16H,8H2,1-7H3,(H,18,20). The topological polar surface area (TPSA) is 86.6 Å². The van der Waals surface area contributed by atoms with Crippen LogP contribution < -0.4 is 10.6 Å². The van der Waals surface area contributed by atoms with Crippen molar-refractivity contribution in [1.82, 2.24) is 15.1 Å². The minimum atomic E-state index is -0.556. The number of nitrogens with zero attached hydrogens (tertiary/aromatic N) is 2. The lowest BCUT2D eigenvalue weighted by Crippen LogP contribution is -2.39. The molecule has 0 saturated carbocycles. The number of anilines is 1. The molecule has 0 aromatic carbocycles. The van der Waals surface area contributed by atoms with Crippen molar-refractivity contribution in [1.29, 1.82) is 0 Å². The Morgan fingerprint density at radius 1 is 1.35 bits per heavy atom. The number of ether oxygens (including phenoxy) is 3. The van der Waals surface area contributed by atoms with Crippen molar-refractivity contribution in [2.45, 2.75) is 52.2 Å². The van der Waals surface area contributed by atoms with Crippen molar-refractivity contribution in [2.75, 3.05) is 19.5 Å². The van der Waals surface area contributed by atoms with E-state index < -0.39 is 11.7 Å². The van der Waals surface area contributed by atoms with Gasteiger partial charge in [0.15, 0.2) is 6.29 Å². The summed E-state index contributed by atoms with van der Waals surface area (Å²) in [6.45, 7) is 7.90. The molecule has 2 N–H and O–H groups in total. The zero-order valence-electron chi connectivity index (χ0n) is 15.0. The molecule has 1 heterocycles. The molecule has 0 radical (unpaired) electrons. The molecule has 1 amide bonds. The number of nitrogens with one attached hydrogen (secondary N) is 2. The molecule has 0 aliphatic heterocycles. The minimum Gasteiger partial charge on any atom is -0.444 e. The number of aryl methyl sites for hydroxylation is 1. The number of amides is 1. The molecule has 0 saturated heterocycles. The van der Waals surface area contributed by atoms with Gasteiger partial charge < -0.3 is 19.5 Å². The molecule has 8 nitrogen and oxygen atoms in total. The third-order valence-electron chi connectivity index (χ3n) is 3.12. The van der Waals surface area contributed by atoms with E-state index in [-0.39, 0.29) is 12.3 Å². The first-order valence-corrected chi connectivity index (χ1v) is 7.47. The third kappa shape index (κ3) is 6.17. The maximum Gasteiger partial charge on any atom is 0.413 e. The van der Waals surface area contributed by atoms with Crippen LogP contribution in [0.25, 0.3) is 0 Å². The van der Waals surface area contributed by atoms with Gasteiger partial charge >= 0.3 is 6.09 Å². The summed E-state index contributed by atoms with van der Waals surface area (Å²) in [6.07, 6.45) is 0.831. The smallest absolute Gasteiger partial charge is 0.413 e. The fourth-order valence-corrected chi connectivity index (χ4v) is 2.05. The van der Waals surface area contributed by atoms with Gasteiger partial charge in [0.1, 0.15) is 11.4 Å². The molecular weight excluding hydrogens is 300 g/mol. The number of methoxy groups -OCH3 is 2. The van der Waals surface area contributed by atoms with E-state index in [4.69, 9.17) is 14.2 Å². The second-order valence-electron chi connectivity index (χ2n) is 6.28. The van der Waals surface area contributed by atoms with E-state index in [2.05, 4.69) is 15.7 Å². The van der Waals surface area contributed by atoms with Gasteiger partial charge in [-0.2, -0.15) is 5.10 Å². The fraction of sp³-hybridized carbons (Fsp3) is 0.733. The molecule has 0 aliphatic rings. The first-order chi connectivity index (χ1) is 10.7. The van der Waals surface area contributed by atoms with Crippen molar-refractivity contribution >= 4 is 11.9 Å². The van der Waals surface area contributed by atoms with Gasteiger partial charge in [0.25, 0.3) is 0 Å². The Kier molecular flexibility index (Phi) is 6.99. The van der Waals surface area contributed by atoms with Crippen molar-refractivity contribution in [3.05, 3.63) is 11.8 Å². The van der Waals surface area contributed by atoms with Crippen LogP contribution in [0.4, 0.5) is 10.6 Å². The summed E-state index contributed by atoms with van der Waals surface area (Å²) in [4.78, 5) is 11.9. The SMILES string of the molecule is COC(OC)C(C)NCc1cnn(C)c1NC(=O)OC(C)(C)C. The van der Waals surface area contributed by atoms with Crippen LogP contribution in [0.15, 0.2) is 6.20 Å². The molecular formula is C15H28N4O4. The zero-order chi connectivity index (χ0) is 17.6. The monoisotopic (exact) mass is 328 g/mol. The second kappa shape index (κ2) is 8.28. The second-order valence-corrected chi connectivity index (χ2v) is 6.28. The van der Waals surface area contributed by atoms with Crippen LogP contribution in [0.1, 0.15) is 33.3 Å². The number of carbonyl (C=O) groups excluding carboxylic acids is 1. The molecule has 23 heavy (non-hydrogen) atoms. The lowest BCUT2D eigenvalue weighted by Gasteiger charge is -2.22. The van der Waals surface area contributed by atoms with Crippen LogP contribution in [0.5, 0.6) is 0 Å². The summed E-state index contributed by atoms with van der Waals surface area (Å²) in [5.74, 6) is 0.588. The molecule has 0 fully saturated rings. The highest BCUT2D eigenvalue weighted by Crippen LogP contribution is 2.16. The number of carbonyl (C=O) groups is 1. The van der Waals surface area contributed by atoms with E-state index in [1.165, 1.54) is 0 Å². The van der Waals surface area contributed by atoms with Crippen LogP contribution in [0.3, 0.4) is 0 Å². The number of hydrogen-bond acceptors (Lipinski definition) is 6. The van der Waals surface area contributed by atoms with E-state index in [1.807, 2.05) is 27.7 Å². The molecule has 132 valence electrons. The first kappa shape index (κ1) is 19.4.